The summed E-state index contributed by atoms with van der Waals surface area (Å²) >= 11 is 0. The van der Waals surface area contributed by atoms with Gasteiger partial charge in [0.15, 0.2) is 0 Å². The molecule has 4 heteroatoms. The highest BCUT2D eigenvalue weighted by Gasteiger charge is 2.28. The highest BCUT2D eigenvalue weighted by atomic mass is 16.3. The summed E-state index contributed by atoms with van der Waals surface area (Å²) in [7, 11) is 0. The fraction of sp³-hybridized carbons (Fsp3) is 0.375. The number of carbonyl (C=O) groups is 1. The van der Waals surface area contributed by atoms with Crippen molar-refractivity contribution in [2.45, 2.75) is 19.4 Å². The molecule has 104 valence electrons. The van der Waals surface area contributed by atoms with Crippen LogP contribution in [0.1, 0.15) is 23.7 Å². The number of benzene rings is 1. The topological polar surface area (TPSA) is 53.4 Å². The van der Waals surface area contributed by atoms with Crippen LogP contribution in [0.4, 0.5) is 0 Å². The molecule has 0 radical (unpaired) electrons. The summed E-state index contributed by atoms with van der Waals surface area (Å²) in [4.78, 5) is 18.5. The monoisotopic (exact) mass is 270 g/mol. The molecule has 2 aromatic rings. The van der Waals surface area contributed by atoms with Gasteiger partial charge < -0.3 is 10.0 Å². The van der Waals surface area contributed by atoms with Crippen LogP contribution in [0.2, 0.25) is 0 Å². The van der Waals surface area contributed by atoms with E-state index in [1.54, 1.807) is 17.3 Å². The molecule has 2 atom stereocenters. The molecule has 1 N–H and O–H groups in total. The average molecular weight is 270 g/mol. The Balaban J connectivity index is 1.93. The summed E-state index contributed by atoms with van der Waals surface area (Å²) in [5, 5.41) is 11.8. The molecule has 1 amide bonds. The first-order valence-corrected chi connectivity index (χ1v) is 6.97. The zero-order valence-electron chi connectivity index (χ0n) is 11.5. The lowest BCUT2D eigenvalue weighted by atomic mass is 9.95. The third-order valence-corrected chi connectivity index (χ3v) is 4.10. The third-order valence-electron chi connectivity index (χ3n) is 4.10. The second-order valence-electron chi connectivity index (χ2n) is 5.49. The van der Waals surface area contributed by atoms with Gasteiger partial charge in [0.25, 0.3) is 5.91 Å². The standard InChI is InChI=1S/C16H18N2O2/c1-11-6-7-18(10-15(11)19)16(20)14-9-17-8-12-4-2-3-5-13(12)14/h2-5,8-9,11,15,19H,6-7,10H2,1H3. The van der Waals surface area contributed by atoms with Crippen LogP contribution in [0, 0.1) is 5.92 Å². The second-order valence-corrected chi connectivity index (χ2v) is 5.49. The molecule has 20 heavy (non-hydrogen) atoms. The molecule has 0 saturated carbocycles. The first kappa shape index (κ1) is 13.1. The van der Waals surface area contributed by atoms with Gasteiger partial charge in [-0.25, -0.2) is 0 Å². The van der Waals surface area contributed by atoms with E-state index in [-0.39, 0.29) is 11.8 Å². The molecule has 2 heterocycles. The molecule has 0 spiro atoms. The molecular formula is C16H18N2O2. The largest absolute Gasteiger partial charge is 0.391 e. The SMILES string of the molecule is CC1CCN(C(=O)c2cncc3ccccc23)CC1O. The molecular weight excluding hydrogens is 252 g/mol. The highest BCUT2D eigenvalue weighted by molar-refractivity contribution is 6.06. The Morgan fingerprint density at radius 3 is 2.95 bits per heavy atom. The number of nitrogens with zero attached hydrogens (tertiary/aromatic N) is 2. The van der Waals surface area contributed by atoms with Crippen molar-refractivity contribution in [1.29, 1.82) is 0 Å². The van der Waals surface area contributed by atoms with Crippen LogP contribution < -0.4 is 0 Å². The Kier molecular flexibility index (Phi) is 3.40. The molecule has 4 nitrogen and oxygen atoms in total. The summed E-state index contributed by atoms with van der Waals surface area (Å²) in [6.07, 6.45) is 3.79. The minimum atomic E-state index is -0.435. The van der Waals surface area contributed by atoms with Crippen LogP contribution in [0.3, 0.4) is 0 Å². The van der Waals surface area contributed by atoms with Gasteiger partial charge >= 0.3 is 0 Å². The highest BCUT2D eigenvalue weighted by Crippen LogP contribution is 2.22. The Bertz CT molecular complexity index is 636. The molecule has 0 aliphatic carbocycles. The van der Waals surface area contributed by atoms with Crippen molar-refractivity contribution in [2.24, 2.45) is 5.92 Å². The number of amides is 1. The quantitative estimate of drug-likeness (QED) is 0.863. The minimum absolute atomic E-state index is 0.0414. The van der Waals surface area contributed by atoms with Gasteiger partial charge in [-0.3, -0.25) is 9.78 Å². The van der Waals surface area contributed by atoms with Gasteiger partial charge in [-0.2, -0.15) is 0 Å². The van der Waals surface area contributed by atoms with E-state index in [0.29, 0.717) is 18.7 Å². The number of hydrogen-bond acceptors (Lipinski definition) is 3. The van der Waals surface area contributed by atoms with Gasteiger partial charge in [0.05, 0.1) is 11.7 Å². The number of piperidine rings is 1. The summed E-state index contributed by atoms with van der Waals surface area (Å²) in [6.45, 7) is 3.12. The summed E-state index contributed by atoms with van der Waals surface area (Å²) in [5.41, 5.74) is 0.616. The van der Waals surface area contributed by atoms with E-state index in [1.807, 2.05) is 31.2 Å². The predicted molar refractivity (Wildman–Crippen MR) is 77.4 cm³/mol. The van der Waals surface area contributed by atoms with E-state index in [9.17, 15) is 9.90 Å². The van der Waals surface area contributed by atoms with Crippen molar-refractivity contribution >= 4 is 16.7 Å². The number of carbonyl (C=O) groups excluding carboxylic acids is 1. The minimum Gasteiger partial charge on any atom is -0.391 e. The molecule has 1 saturated heterocycles. The van der Waals surface area contributed by atoms with Crippen molar-refractivity contribution in [3.8, 4) is 0 Å². The zero-order chi connectivity index (χ0) is 14.1. The molecule has 0 bridgehead atoms. The Morgan fingerprint density at radius 1 is 1.35 bits per heavy atom. The van der Waals surface area contributed by atoms with Gasteiger partial charge in [0, 0.05) is 30.9 Å². The molecule has 1 aliphatic rings. The number of β-amino-alcohol motifs (C(OH)–C–C–N with tert-alkyl or cyclic N) is 1. The molecule has 1 aliphatic heterocycles. The normalized spacial score (nSPS) is 23.0. The maximum atomic E-state index is 12.6. The number of rotatable bonds is 1. The smallest absolute Gasteiger partial charge is 0.256 e. The van der Waals surface area contributed by atoms with E-state index < -0.39 is 6.10 Å². The summed E-state index contributed by atoms with van der Waals surface area (Å²) in [6, 6.07) is 7.75. The van der Waals surface area contributed by atoms with Crippen LogP contribution >= 0.6 is 0 Å². The fourth-order valence-corrected chi connectivity index (χ4v) is 2.69. The number of aliphatic hydroxyl groups excluding tert-OH is 1. The van der Waals surface area contributed by atoms with Gasteiger partial charge in [0.1, 0.15) is 0 Å². The first-order chi connectivity index (χ1) is 9.66. The van der Waals surface area contributed by atoms with Crippen molar-refractivity contribution < 1.29 is 9.90 Å². The number of hydrogen-bond donors (Lipinski definition) is 1. The summed E-state index contributed by atoms with van der Waals surface area (Å²) < 4.78 is 0. The number of aromatic nitrogens is 1. The van der Waals surface area contributed by atoms with Crippen LogP contribution in [-0.2, 0) is 0 Å². The lowest BCUT2D eigenvalue weighted by molar-refractivity contribution is 0.0249. The Hall–Kier alpha value is -1.94. The van der Waals surface area contributed by atoms with E-state index in [4.69, 9.17) is 0 Å². The first-order valence-electron chi connectivity index (χ1n) is 6.97. The van der Waals surface area contributed by atoms with Gasteiger partial charge in [-0.05, 0) is 17.7 Å². The van der Waals surface area contributed by atoms with E-state index >= 15 is 0 Å². The molecule has 1 aromatic heterocycles. The lowest BCUT2D eigenvalue weighted by Crippen LogP contribution is -2.45. The van der Waals surface area contributed by atoms with Gasteiger partial charge in [0.2, 0.25) is 0 Å². The molecule has 2 unspecified atom stereocenters. The van der Waals surface area contributed by atoms with Crippen molar-refractivity contribution in [2.75, 3.05) is 13.1 Å². The van der Waals surface area contributed by atoms with Crippen LogP contribution in [-0.4, -0.2) is 40.1 Å². The lowest BCUT2D eigenvalue weighted by Gasteiger charge is -2.34. The van der Waals surface area contributed by atoms with Crippen molar-refractivity contribution in [1.82, 2.24) is 9.88 Å². The van der Waals surface area contributed by atoms with E-state index in [0.717, 1.165) is 17.2 Å². The summed E-state index contributed by atoms with van der Waals surface area (Å²) in [5.74, 6) is 0.213. The Morgan fingerprint density at radius 2 is 2.15 bits per heavy atom. The molecule has 3 rings (SSSR count). The van der Waals surface area contributed by atoms with Crippen LogP contribution in [0.15, 0.2) is 36.7 Å². The fourth-order valence-electron chi connectivity index (χ4n) is 2.69. The maximum absolute atomic E-state index is 12.6. The van der Waals surface area contributed by atoms with Crippen molar-refractivity contribution in [3.63, 3.8) is 0 Å². The maximum Gasteiger partial charge on any atom is 0.256 e. The average Bonchev–Trinajstić information content (AvgIpc) is 2.49. The number of pyridine rings is 1. The van der Waals surface area contributed by atoms with Gasteiger partial charge in [-0.15, -0.1) is 0 Å². The predicted octanol–water partition coefficient (Wildman–Crippen LogP) is 2.08. The van der Waals surface area contributed by atoms with E-state index in [2.05, 4.69) is 4.98 Å². The van der Waals surface area contributed by atoms with Crippen LogP contribution in [0.5, 0.6) is 0 Å². The Labute approximate surface area is 118 Å². The molecule has 1 aromatic carbocycles. The zero-order valence-corrected chi connectivity index (χ0v) is 11.5. The van der Waals surface area contributed by atoms with E-state index in [1.165, 1.54) is 0 Å². The second kappa shape index (κ2) is 5.21. The molecule has 1 fully saturated rings. The van der Waals surface area contributed by atoms with Crippen LogP contribution in [0.25, 0.3) is 10.8 Å². The van der Waals surface area contributed by atoms with Gasteiger partial charge in [-0.1, -0.05) is 31.2 Å². The number of aliphatic hydroxyl groups is 1. The number of likely N-dealkylation sites (tertiary alicyclic amines) is 1. The van der Waals surface area contributed by atoms with Crippen molar-refractivity contribution in [3.05, 3.63) is 42.2 Å². The number of fused-ring (bicyclic) bond motifs is 1. The third kappa shape index (κ3) is 2.27.